The van der Waals surface area contributed by atoms with Crippen LogP contribution in [0.15, 0.2) is 29.1 Å². The van der Waals surface area contributed by atoms with Gasteiger partial charge in [0.15, 0.2) is 5.82 Å². The highest BCUT2D eigenvalue weighted by molar-refractivity contribution is 5.94. The van der Waals surface area contributed by atoms with Crippen molar-refractivity contribution >= 4 is 11.6 Å². The lowest BCUT2D eigenvalue weighted by molar-refractivity contribution is 0.0937. The van der Waals surface area contributed by atoms with E-state index in [-0.39, 0.29) is 17.6 Å². The van der Waals surface area contributed by atoms with Gasteiger partial charge in [0, 0.05) is 31.9 Å². The van der Waals surface area contributed by atoms with Crippen LogP contribution in [0.2, 0.25) is 0 Å². The zero-order chi connectivity index (χ0) is 17.7. The summed E-state index contributed by atoms with van der Waals surface area (Å²) in [5.41, 5.74) is 1.36. The zero-order valence-corrected chi connectivity index (χ0v) is 14.7. The molecule has 0 aliphatic heterocycles. The van der Waals surface area contributed by atoms with E-state index in [2.05, 4.69) is 27.3 Å². The van der Waals surface area contributed by atoms with Crippen LogP contribution >= 0.6 is 0 Å². The molecule has 0 aliphatic rings. The molecule has 0 fully saturated rings. The molecular formula is C17H25N5O2. The number of hydrogen-bond acceptors (Lipinski definition) is 4. The lowest BCUT2D eigenvalue weighted by Gasteiger charge is -2.19. The van der Waals surface area contributed by atoms with Crippen molar-refractivity contribution in [1.82, 2.24) is 20.1 Å². The summed E-state index contributed by atoms with van der Waals surface area (Å²) in [5.74, 6) is 0.296. The maximum Gasteiger partial charge on any atom is 0.343 e. The summed E-state index contributed by atoms with van der Waals surface area (Å²) in [4.78, 5) is 25.9. The third-order valence-electron chi connectivity index (χ3n) is 4.07. The molecule has 0 spiro atoms. The average molecular weight is 331 g/mol. The maximum atomic E-state index is 12.3. The molecule has 0 saturated heterocycles. The van der Waals surface area contributed by atoms with Crippen molar-refractivity contribution in [3.05, 3.63) is 46.1 Å². The van der Waals surface area contributed by atoms with Crippen molar-refractivity contribution in [2.75, 3.05) is 18.5 Å². The summed E-state index contributed by atoms with van der Waals surface area (Å²) in [6, 6.07) is 7.14. The van der Waals surface area contributed by atoms with E-state index in [4.69, 9.17) is 0 Å². The Hall–Kier alpha value is -2.57. The summed E-state index contributed by atoms with van der Waals surface area (Å²) in [6.45, 7) is 4.95. The quantitative estimate of drug-likeness (QED) is 0.811. The van der Waals surface area contributed by atoms with Crippen LogP contribution in [-0.4, -0.2) is 34.3 Å². The number of nitrogens with zero attached hydrogens (tertiary/aromatic N) is 3. The third-order valence-corrected chi connectivity index (χ3v) is 4.07. The first-order valence-corrected chi connectivity index (χ1v) is 8.17. The molecule has 1 heterocycles. The highest BCUT2D eigenvalue weighted by atomic mass is 16.2. The van der Waals surface area contributed by atoms with Crippen molar-refractivity contribution < 1.29 is 4.79 Å². The molecule has 2 rings (SSSR count). The van der Waals surface area contributed by atoms with E-state index < -0.39 is 0 Å². The van der Waals surface area contributed by atoms with Gasteiger partial charge in [-0.1, -0.05) is 13.3 Å². The lowest BCUT2D eigenvalue weighted by atomic mass is 10.1. The Bertz CT molecular complexity index is 732. The number of benzene rings is 1. The van der Waals surface area contributed by atoms with E-state index >= 15 is 0 Å². The first kappa shape index (κ1) is 17.8. The Morgan fingerprint density at radius 2 is 2.04 bits per heavy atom. The molecule has 24 heavy (non-hydrogen) atoms. The molecule has 0 radical (unpaired) electrons. The van der Waals surface area contributed by atoms with Crippen molar-refractivity contribution in [2.24, 2.45) is 7.05 Å². The van der Waals surface area contributed by atoms with Crippen molar-refractivity contribution in [2.45, 2.75) is 32.7 Å². The maximum absolute atomic E-state index is 12.3. The topological polar surface area (TPSA) is 83.0 Å². The molecule has 1 atom stereocenters. The minimum absolute atomic E-state index is 0.194. The molecule has 1 unspecified atom stereocenters. The summed E-state index contributed by atoms with van der Waals surface area (Å²) < 4.78 is 1.39. The van der Waals surface area contributed by atoms with Gasteiger partial charge in [-0.15, -0.1) is 0 Å². The fourth-order valence-corrected chi connectivity index (χ4v) is 2.48. The predicted octanol–water partition coefficient (Wildman–Crippen LogP) is 1.84. The van der Waals surface area contributed by atoms with E-state index in [0.29, 0.717) is 11.4 Å². The van der Waals surface area contributed by atoms with Crippen molar-refractivity contribution in [1.29, 1.82) is 0 Å². The Labute approximate surface area is 141 Å². The molecule has 1 aromatic carbocycles. The number of carbonyl (C=O) groups excluding carboxylic acids is 1. The third kappa shape index (κ3) is 4.04. The highest BCUT2D eigenvalue weighted by Crippen LogP contribution is 2.15. The Balaban J connectivity index is 2.02. The fourth-order valence-electron chi connectivity index (χ4n) is 2.48. The second-order valence-corrected chi connectivity index (χ2v) is 5.96. The monoisotopic (exact) mass is 331 g/mol. The number of amides is 1. The van der Waals surface area contributed by atoms with Crippen molar-refractivity contribution in [3.63, 3.8) is 0 Å². The predicted molar refractivity (Wildman–Crippen MR) is 94.3 cm³/mol. The highest BCUT2D eigenvalue weighted by Gasteiger charge is 2.16. The molecule has 0 saturated carbocycles. The van der Waals surface area contributed by atoms with Gasteiger partial charge in [-0.25, -0.2) is 9.89 Å². The van der Waals surface area contributed by atoms with Gasteiger partial charge in [-0.3, -0.25) is 9.36 Å². The van der Waals surface area contributed by atoms with E-state index in [1.807, 2.05) is 31.3 Å². The summed E-state index contributed by atoms with van der Waals surface area (Å²) in [6.07, 6.45) is 2.29. The van der Waals surface area contributed by atoms with Crippen LogP contribution in [0.1, 0.15) is 48.9 Å². The largest absolute Gasteiger partial charge is 0.375 e. The number of unbranched alkanes of at least 4 members (excludes halogenated alkanes) is 1. The van der Waals surface area contributed by atoms with Gasteiger partial charge in [-0.05, 0) is 37.6 Å². The minimum atomic E-state index is -0.367. The Morgan fingerprint density at radius 1 is 1.38 bits per heavy atom. The molecule has 2 N–H and O–H groups in total. The van der Waals surface area contributed by atoms with E-state index in [9.17, 15) is 9.59 Å². The van der Waals surface area contributed by atoms with Gasteiger partial charge in [0.1, 0.15) is 0 Å². The van der Waals surface area contributed by atoms with Gasteiger partial charge in [0.05, 0.1) is 6.04 Å². The SMILES string of the molecule is CCCCN(C)c1ccc(C(=O)NC(C)c2n[nH]c(=O)n2C)cc1. The molecule has 1 aromatic heterocycles. The fraction of sp³-hybridized carbons (Fsp3) is 0.471. The van der Waals surface area contributed by atoms with Crippen LogP contribution in [0.4, 0.5) is 5.69 Å². The number of anilines is 1. The smallest absolute Gasteiger partial charge is 0.343 e. The number of rotatable bonds is 7. The second kappa shape index (κ2) is 7.81. The van der Waals surface area contributed by atoms with Crippen LogP contribution in [0.25, 0.3) is 0 Å². The molecule has 0 bridgehead atoms. The Morgan fingerprint density at radius 3 is 2.58 bits per heavy atom. The number of aromatic nitrogens is 3. The molecule has 130 valence electrons. The normalized spacial score (nSPS) is 12.0. The summed E-state index contributed by atoms with van der Waals surface area (Å²) in [5, 5.41) is 9.15. The molecule has 0 aliphatic carbocycles. The number of nitrogens with one attached hydrogen (secondary N) is 2. The molecule has 7 nitrogen and oxygen atoms in total. The van der Waals surface area contributed by atoms with E-state index in [1.165, 1.54) is 4.57 Å². The Kier molecular flexibility index (Phi) is 5.78. The average Bonchev–Trinajstić information content (AvgIpc) is 2.92. The van der Waals surface area contributed by atoms with Gasteiger partial charge in [-0.2, -0.15) is 5.10 Å². The number of aromatic amines is 1. The molecular weight excluding hydrogens is 306 g/mol. The zero-order valence-electron chi connectivity index (χ0n) is 14.7. The van der Waals surface area contributed by atoms with Crippen LogP contribution < -0.4 is 15.9 Å². The van der Waals surface area contributed by atoms with E-state index in [0.717, 1.165) is 25.1 Å². The van der Waals surface area contributed by atoms with Gasteiger partial charge in [0.25, 0.3) is 5.91 Å². The van der Waals surface area contributed by atoms with Crippen LogP contribution in [0, 0.1) is 0 Å². The summed E-state index contributed by atoms with van der Waals surface area (Å²) >= 11 is 0. The molecule has 1 amide bonds. The van der Waals surface area contributed by atoms with Crippen LogP contribution in [0.3, 0.4) is 0 Å². The van der Waals surface area contributed by atoms with Crippen molar-refractivity contribution in [3.8, 4) is 0 Å². The van der Waals surface area contributed by atoms with Crippen LogP contribution in [-0.2, 0) is 7.05 Å². The number of hydrogen-bond donors (Lipinski definition) is 2. The first-order valence-electron chi connectivity index (χ1n) is 8.17. The van der Waals surface area contributed by atoms with Crippen LogP contribution in [0.5, 0.6) is 0 Å². The number of carbonyl (C=O) groups is 1. The van der Waals surface area contributed by atoms with E-state index in [1.54, 1.807) is 14.0 Å². The standard InChI is InChI=1S/C17H25N5O2/c1-5-6-11-21(3)14-9-7-13(8-10-14)16(23)18-12(2)15-19-20-17(24)22(15)4/h7-10,12H,5-6,11H2,1-4H3,(H,18,23)(H,20,24). The molecule has 7 heteroatoms. The first-order chi connectivity index (χ1) is 11.4. The van der Waals surface area contributed by atoms with Gasteiger partial charge in [0.2, 0.25) is 0 Å². The second-order valence-electron chi connectivity index (χ2n) is 5.96. The number of H-pyrrole nitrogens is 1. The summed E-state index contributed by atoms with van der Waals surface area (Å²) in [7, 11) is 3.66. The van der Waals surface area contributed by atoms with Gasteiger partial charge < -0.3 is 10.2 Å². The lowest BCUT2D eigenvalue weighted by Crippen LogP contribution is -2.29. The minimum Gasteiger partial charge on any atom is -0.375 e. The molecule has 2 aromatic rings. The van der Waals surface area contributed by atoms with Gasteiger partial charge >= 0.3 is 5.69 Å².